The van der Waals surface area contributed by atoms with Crippen LogP contribution in [0.25, 0.3) is 6.08 Å². The van der Waals surface area contributed by atoms with Crippen LogP contribution in [0.15, 0.2) is 47.4 Å². The Kier molecular flexibility index (Phi) is 5.14. The summed E-state index contributed by atoms with van der Waals surface area (Å²) in [5.74, 6) is 0.261. The number of imide groups is 1. The predicted molar refractivity (Wildman–Crippen MR) is 96.3 cm³/mol. The lowest BCUT2D eigenvalue weighted by Crippen LogP contribution is -2.17. The minimum atomic E-state index is -0.382. The van der Waals surface area contributed by atoms with Gasteiger partial charge in [-0.15, -0.1) is 0 Å². The van der Waals surface area contributed by atoms with Gasteiger partial charge in [-0.3, -0.25) is 14.9 Å². The molecular weight excluding hydrogens is 369 g/mol. The van der Waals surface area contributed by atoms with E-state index in [1.165, 1.54) is 0 Å². The third kappa shape index (κ3) is 4.12. The molecule has 4 nitrogen and oxygen atoms in total. The monoisotopic (exact) mass is 379 g/mol. The van der Waals surface area contributed by atoms with E-state index in [4.69, 9.17) is 27.9 Å². The van der Waals surface area contributed by atoms with Gasteiger partial charge in [-0.25, -0.2) is 0 Å². The zero-order chi connectivity index (χ0) is 17.1. The maximum absolute atomic E-state index is 11.6. The number of benzene rings is 2. The standard InChI is InChI=1S/C17H11Cl2NO3S/c18-13-5-4-11(7-14(13)19)9-23-12-3-1-2-10(6-12)8-15-16(21)20-17(22)24-15/h1-8H,9H2,(H,20,21,22)/b15-8+. The SMILES string of the molecule is O=C1NC(=O)/C(=C\c2cccc(OCc3ccc(Cl)c(Cl)c3)c2)S1. The number of rotatable bonds is 4. The maximum Gasteiger partial charge on any atom is 0.290 e. The summed E-state index contributed by atoms with van der Waals surface area (Å²) in [4.78, 5) is 23.1. The lowest BCUT2D eigenvalue weighted by atomic mass is 10.2. The number of amides is 2. The highest BCUT2D eigenvalue weighted by Gasteiger charge is 2.24. The van der Waals surface area contributed by atoms with E-state index in [1.807, 2.05) is 24.3 Å². The van der Waals surface area contributed by atoms with E-state index < -0.39 is 0 Å². The molecule has 24 heavy (non-hydrogen) atoms. The van der Waals surface area contributed by atoms with Crippen LogP contribution in [0, 0.1) is 0 Å². The lowest BCUT2D eigenvalue weighted by Gasteiger charge is -2.08. The largest absolute Gasteiger partial charge is 0.489 e. The molecular formula is C17H11Cl2NO3S. The first kappa shape index (κ1) is 16.9. The number of halogens is 2. The van der Waals surface area contributed by atoms with Crippen molar-refractivity contribution in [1.82, 2.24) is 5.32 Å². The fourth-order valence-corrected chi connectivity index (χ4v) is 3.07. The first-order valence-corrected chi connectivity index (χ1v) is 8.50. The summed E-state index contributed by atoms with van der Waals surface area (Å²) in [5.41, 5.74) is 1.67. The first-order chi connectivity index (χ1) is 11.5. The van der Waals surface area contributed by atoms with Crippen LogP contribution in [-0.4, -0.2) is 11.1 Å². The van der Waals surface area contributed by atoms with Crippen molar-refractivity contribution in [2.45, 2.75) is 6.61 Å². The number of carbonyl (C=O) groups is 2. The summed E-state index contributed by atoms with van der Waals surface area (Å²) in [6, 6.07) is 12.6. The molecule has 7 heteroatoms. The van der Waals surface area contributed by atoms with Gasteiger partial charge in [0.1, 0.15) is 12.4 Å². The van der Waals surface area contributed by atoms with E-state index >= 15 is 0 Å². The molecule has 0 spiro atoms. The molecule has 1 fully saturated rings. The predicted octanol–water partition coefficient (Wildman–Crippen LogP) is 4.90. The summed E-state index contributed by atoms with van der Waals surface area (Å²) >= 11 is 12.7. The molecule has 0 bridgehead atoms. The van der Waals surface area contributed by atoms with Gasteiger partial charge in [0.25, 0.3) is 11.1 Å². The second-order valence-corrected chi connectivity index (χ2v) is 6.79. The Morgan fingerprint density at radius 3 is 2.62 bits per heavy atom. The van der Waals surface area contributed by atoms with E-state index in [0.717, 1.165) is 22.9 Å². The minimum absolute atomic E-state index is 0.338. The smallest absolute Gasteiger partial charge is 0.290 e. The van der Waals surface area contributed by atoms with Gasteiger partial charge < -0.3 is 4.74 Å². The normalized spacial score (nSPS) is 15.7. The highest BCUT2D eigenvalue weighted by atomic mass is 35.5. The molecule has 1 heterocycles. The second-order valence-electron chi connectivity index (χ2n) is 4.96. The van der Waals surface area contributed by atoms with Crippen molar-refractivity contribution in [2.24, 2.45) is 0 Å². The van der Waals surface area contributed by atoms with Crippen LogP contribution in [0.3, 0.4) is 0 Å². The van der Waals surface area contributed by atoms with Gasteiger partial charge in [0.15, 0.2) is 0 Å². The van der Waals surface area contributed by atoms with Crippen molar-refractivity contribution < 1.29 is 14.3 Å². The Labute approximate surface area is 152 Å². The molecule has 0 aromatic heterocycles. The molecule has 2 amide bonds. The third-order valence-electron chi connectivity index (χ3n) is 3.19. The molecule has 0 unspecified atom stereocenters. The highest BCUT2D eigenvalue weighted by Crippen LogP contribution is 2.27. The van der Waals surface area contributed by atoms with Crippen molar-refractivity contribution in [3.63, 3.8) is 0 Å². The quantitative estimate of drug-likeness (QED) is 0.767. The van der Waals surface area contributed by atoms with E-state index in [2.05, 4.69) is 5.32 Å². The lowest BCUT2D eigenvalue weighted by molar-refractivity contribution is -0.115. The summed E-state index contributed by atoms with van der Waals surface area (Å²) in [5, 5.41) is 2.83. The molecule has 1 aliphatic heterocycles. The molecule has 0 aliphatic carbocycles. The Balaban J connectivity index is 1.71. The van der Waals surface area contributed by atoms with Crippen LogP contribution >= 0.6 is 35.0 Å². The van der Waals surface area contributed by atoms with Crippen molar-refractivity contribution in [2.75, 3.05) is 0 Å². The van der Waals surface area contributed by atoms with Crippen LogP contribution in [0.5, 0.6) is 5.75 Å². The summed E-state index contributed by atoms with van der Waals surface area (Å²) < 4.78 is 5.73. The molecule has 3 rings (SSSR count). The van der Waals surface area contributed by atoms with Crippen LogP contribution in [0.2, 0.25) is 10.0 Å². The average Bonchev–Trinajstić information content (AvgIpc) is 2.86. The van der Waals surface area contributed by atoms with Crippen LogP contribution < -0.4 is 10.1 Å². The number of thioether (sulfide) groups is 1. The Morgan fingerprint density at radius 1 is 1.08 bits per heavy atom. The number of carbonyl (C=O) groups excluding carboxylic acids is 2. The number of nitrogens with one attached hydrogen (secondary N) is 1. The zero-order valence-electron chi connectivity index (χ0n) is 12.2. The van der Waals surface area contributed by atoms with E-state index in [9.17, 15) is 9.59 Å². The molecule has 122 valence electrons. The van der Waals surface area contributed by atoms with Gasteiger partial charge in [-0.05, 0) is 53.2 Å². The maximum atomic E-state index is 11.6. The summed E-state index contributed by atoms with van der Waals surface area (Å²) in [7, 11) is 0. The topological polar surface area (TPSA) is 55.4 Å². The van der Waals surface area contributed by atoms with Gasteiger partial charge >= 0.3 is 0 Å². The van der Waals surface area contributed by atoms with E-state index in [-0.39, 0.29) is 11.1 Å². The highest BCUT2D eigenvalue weighted by molar-refractivity contribution is 8.18. The van der Waals surface area contributed by atoms with Gasteiger partial charge in [0.2, 0.25) is 0 Å². The number of hydrogen-bond donors (Lipinski definition) is 1. The molecule has 1 saturated heterocycles. The summed E-state index contributed by atoms with van der Waals surface area (Å²) in [6.07, 6.45) is 1.65. The zero-order valence-corrected chi connectivity index (χ0v) is 14.5. The molecule has 0 atom stereocenters. The second kappa shape index (κ2) is 7.30. The average molecular weight is 380 g/mol. The first-order valence-electron chi connectivity index (χ1n) is 6.93. The van der Waals surface area contributed by atoms with Crippen LogP contribution in [-0.2, 0) is 11.4 Å². The fraction of sp³-hybridized carbons (Fsp3) is 0.0588. The van der Waals surface area contributed by atoms with E-state index in [0.29, 0.717) is 27.3 Å². The third-order valence-corrected chi connectivity index (χ3v) is 4.74. The van der Waals surface area contributed by atoms with Crippen molar-refractivity contribution >= 4 is 52.2 Å². The minimum Gasteiger partial charge on any atom is -0.489 e. The Bertz CT molecular complexity index is 851. The summed E-state index contributed by atoms with van der Waals surface area (Å²) in [6.45, 7) is 0.338. The number of hydrogen-bond acceptors (Lipinski definition) is 4. The van der Waals surface area contributed by atoms with Crippen LogP contribution in [0.1, 0.15) is 11.1 Å². The molecule has 0 saturated carbocycles. The fourth-order valence-electron chi connectivity index (χ4n) is 2.06. The molecule has 1 N–H and O–H groups in total. The molecule has 2 aromatic rings. The van der Waals surface area contributed by atoms with Gasteiger partial charge in [0.05, 0.1) is 15.0 Å². The van der Waals surface area contributed by atoms with Crippen molar-refractivity contribution in [3.05, 3.63) is 68.5 Å². The van der Waals surface area contributed by atoms with Crippen LogP contribution in [0.4, 0.5) is 4.79 Å². The molecule has 0 radical (unpaired) electrons. The molecule has 1 aliphatic rings. The number of ether oxygens (including phenoxy) is 1. The van der Waals surface area contributed by atoms with Gasteiger partial charge in [-0.1, -0.05) is 41.4 Å². The Morgan fingerprint density at radius 2 is 1.92 bits per heavy atom. The van der Waals surface area contributed by atoms with Crippen molar-refractivity contribution in [3.8, 4) is 5.75 Å². The Hall–Kier alpha value is -1.95. The molecule has 2 aromatic carbocycles. The van der Waals surface area contributed by atoms with E-state index in [1.54, 1.807) is 24.3 Å². The van der Waals surface area contributed by atoms with Gasteiger partial charge in [0, 0.05) is 0 Å². The van der Waals surface area contributed by atoms with Gasteiger partial charge in [-0.2, -0.15) is 0 Å². The van der Waals surface area contributed by atoms with Crippen molar-refractivity contribution in [1.29, 1.82) is 0 Å².